The Kier molecular flexibility index (Phi) is 15.9. The van der Waals surface area contributed by atoms with Crippen molar-refractivity contribution in [2.24, 2.45) is 11.8 Å². The lowest BCUT2D eigenvalue weighted by molar-refractivity contribution is -0.139. The van der Waals surface area contributed by atoms with Crippen LogP contribution in [0.2, 0.25) is 0 Å². The molecule has 344 valence electrons. The lowest BCUT2D eigenvalue weighted by Gasteiger charge is -2.33. The highest BCUT2D eigenvalue weighted by Crippen LogP contribution is 2.47. The minimum absolute atomic E-state index is 0.0823. The van der Waals surface area contributed by atoms with Crippen molar-refractivity contribution in [1.82, 2.24) is 20.4 Å². The Balaban J connectivity index is 1.14. The number of alkyl carbamates (subject to hydrolysis) is 2. The number of carbonyl (C=O) groups excluding carboxylic acids is 6. The van der Waals surface area contributed by atoms with E-state index in [4.69, 9.17) is 9.47 Å². The van der Waals surface area contributed by atoms with Crippen molar-refractivity contribution in [3.05, 3.63) is 89.7 Å². The van der Waals surface area contributed by atoms with Crippen molar-refractivity contribution in [3.8, 4) is 0 Å². The molecule has 6 amide bonds. The summed E-state index contributed by atoms with van der Waals surface area (Å²) in [6, 6.07) is 18.6. The van der Waals surface area contributed by atoms with E-state index in [0.717, 1.165) is 29.7 Å². The van der Waals surface area contributed by atoms with Crippen LogP contribution in [0.25, 0.3) is 0 Å². The summed E-state index contributed by atoms with van der Waals surface area (Å²) in [4.78, 5) is 84.2. The highest BCUT2D eigenvalue weighted by Gasteiger charge is 2.41. The van der Waals surface area contributed by atoms with Crippen LogP contribution in [0.3, 0.4) is 0 Å². The molecule has 3 saturated heterocycles. The minimum atomic E-state index is -0.817. The standard InChI is InChI=1S/C48H62FN7O8/c1-7-29(3)41(52-47(61)63-5)45(59)54-27-9-11-39(54)43(57)50-34-19-13-31(14-20-34)37-25-26-38(56(37)36-23-17-33(49)18-24-36)32-15-21-35(22-16-32)51-44(58)40-12-10-28-55(40)46(60)42(30(4)8-2)53-48(62)64-6/h13-24,29-30,37-42H,7-12,25-28H2,1-6H3,(H,50,57)(H,51,58)(H,52,61)(H,53,62)/t29-,30-,37-,38-,39-,40-,41-,42-/m0/s1. The van der Waals surface area contributed by atoms with Crippen LogP contribution in [0.4, 0.5) is 31.0 Å². The van der Waals surface area contributed by atoms with Crippen molar-refractivity contribution >= 4 is 52.9 Å². The van der Waals surface area contributed by atoms with Gasteiger partial charge < -0.3 is 45.4 Å². The largest absolute Gasteiger partial charge is 0.453 e. The molecule has 0 aromatic heterocycles. The van der Waals surface area contributed by atoms with Gasteiger partial charge in [0.2, 0.25) is 23.6 Å². The molecule has 15 nitrogen and oxygen atoms in total. The first-order valence-electron chi connectivity index (χ1n) is 22.4. The molecule has 3 aromatic carbocycles. The summed E-state index contributed by atoms with van der Waals surface area (Å²) in [6.07, 6.45) is 3.80. The lowest BCUT2D eigenvalue weighted by atomic mass is 9.97. The number of anilines is 3. The summed E-state index contributed by atoms with van der Waals surface area (Å²) in [7, 11) is 2.49. The van der Waals surface area contributed by atoms with Gasteiger partial charge in [0.15, 0.2) is 0 Å². The van der Waals surface area contributed by atoms with Crippen molar-refractivity contribution < 1.29 is 42.6 Å². The van der Waals surface area contributed by atoms with Gasteiger partial charge in [-0.2, -0.15) is 0 Å². The van der Waals surface area contributed by atoms with E-state index in [1.807, 2.05) is 76.2 Å². The fourth-order valence-corrected chi connectivity index (χ4v) is 9.17. The summed E-state index contributed by atoms with van der Waals surface area (Å²) in [6.45, 7) is 8.44. The van der Waals surface area contributed by atoms with Crippen LogP contribution in [0.15, 0.2) is 72.8 Å². The third-order valence-electron chi connectivity index (χ3n) is 13.2. The molecule has 4 N–H and O–H groups in total. The number of nitrogens with zero attached hydrogens (tertiary/aromatic N) is 3. The molecule has 3 aromatic rings. The zero-order valence-corrected chi connectivity index (χ0v) is 37.6. The second-order valence-electron chi connectivity index (χ2n) is 17.1. The summed E-state index contributed by atoms with van der Waals surface area (Å²) in [5.41, 5.74) is 4.01. The smallest absolute Gasteiger partial charge is 0.407 e. The van der Waals surface area contributed by atoms with Crippen LogP contribution >= 0.6 is 0 Å². The number of hydrogen-bond donors (Lipinski definition) is 4. The molecule has 0 aliphatic carbocycles. The summed E-state index contributed by atoms with van der Waals surface area (Å²) in [5, 5.41) is 11.3. The molecule has 8 atom stereocenters. The lowest BCUT2D eigenvalue weighted by Crippen LogP contribution is -2.54. The van der Waals surface area contributed by atoms with Gasteiger partial charge in [-0.1, -0.05) is 64.8 Å². The maximum absolute atomic E-state index is 14.2. The van der Waals surface area contributed by atoms with Crippen molar-refractivity contribution in [2.45, 2.75) is 115 Å². The number of ether oxygens (including phenoxy) is 2. The number of likely N-dealkylation sites (tertiary alicyclic amines) is 2. The number of carbonyl (C=O) groups is 6. The number of benzene rings is 3. The molecule has 6 rings (SSSR count). The van der Waals surface area contributed by atoms with Gasteiger partial charge in [-0.25, -0.2) is 14.0 Å². The molecule has 3 aliphatic rings. The quantitative estimate of drug-likeness (QED) is 0.122. The van der Waals surface area contributed by atoms with E-state index in [2.05, 4.69) is 26.2 Å². The van der Waals surface area contributed by atoms with Crippen LogP contribution < -0.4 is 26.2 Å². The molecule has 0 radical (unpaired) electrons. The monoisotopic (exact) mass is 883 g/mol. The number of nitrogens with one attached hydrogen (secondary N) is 4. The summed E-state index contributed by atoms with van der Waals surface area (Å²) in [5.74, 6) is -1.89. The first-order chi connectivity index (χ1) is 30.8. The van der Waals surface area contributed by atoms with E-state index in [-0.39, 0.29) is 53.4 Å². The fraction of sp³-hybridized carbons (Fsp3) is 0.500. The van der Waals surface area contributed by atoms with Gasteiger partial charge in [0, 0.05) is 30.2 Å². The minimum Gasteiger partial charge on any atom is -0.453 e. The Morgan fingerprint density at radius 1 is 0.609 bits per heavy atom. The van der Waals surface area contributed by atoms with Gasteiger partial charge in [0.05, 0.1) is 26.3 Å². The number of hydrogen-bond acceptors (Lipinski definition) is 9. The Hall–Kier alpha value is -6.19. The van der Waals surface area contributed by atoms with Gasteiger partial charge >= 0.3 is 12.2 Å². The summed E-state index contributed by atoms with van der Waals surface area (Å²) < 4.78 is 23.7. The average molecular weight is 884 g/mol. The molecule has 64 heavy (non-hydrogen) atoms. The third kappa shape index (κ3) is 10.8. The second-order valence-corrected chi connectivity index (χ2v) is 17.1. The van der Waals surface area contributed by atoms with Crippen LogP contribution in [-0.2, 0) is 28.7 Å². The van der Waals surface area contributed by atoms with Crippen LogP contribution in [-0.4, -0.2) is 97.1 Å². The van der Waals surface area contributed by atoms with Gasteiger partial charge in [-0.05, 0) is 110 Å². The Labute approximate surface area is 374 Å². The van der Waals surface area contributed by atoms with E-state index >= 15 is 0 Å². The predicted molar refractivity (Wildman–Crippen MR) is 241 cm³/mol. The Morgan fingerprint density at radius 3 is 1.36 bits per heavy atom. The number of amides is 6. The average Bonchev–Trinajstić information content (AvgIpc) is 4.11. The SMILES string of the molecule is CC[C@H](C)[C@H](NC(=O)OC)C(=O)N1CCC[C@H]1C(=O)Nc1ccc([C@@H]2CC[C@@H](c3ccc(NC(=O)[C@@H]4CCCN4C(=O)[C@@H](NC(=O)OC)[C@@H](C)CC)cc3)N2c2ccc(F)cc2)cc1. The number of rotatable bonds is 15. The van der Waals surface area contributed by atoms with Gasteiger partial charge in [-0.3, -0.25) is 19.2 Å². The third-order valence-corrected chi connectivity index (χ3v) is 13.2. The molecular formula is C48H62FN7O8. The fourth-order valence-electron chi connectivity index (χ4n) is 9.17. The summed E-state index contributed by atoms with van der Waals surface area (Å²) >= 11 is 0. The molecule has 3 fully saturated rings. The Bertz CT molecular complexity index is 1990. The van der Waals surface area contributed by atoms with E-state index in [9.17, 15) is 33.2 Å². The zero-order valence-electron chi connectivity index (χ0n) is 37.6. The van der Waals surface area contributed by atoms with Gasteiger partial charge in [0.1, 0.15) is 30.0 Å². The van der Waals surface area contributed by atoms with E-state index in [1.165, 1.54) is 26.4 Å². The van der Waals surface area contributed by atoms with Crippen molar-refractivity contribution in [3.63, 3.8) is 0 Å². The maximum Gasteiger partial charge on any atom is 0.407 e. The maximum atomic E-state index is 14.2. The number of methoxy groups -OCH3 is 2. The van der Waals surface area contributed by atoms with Crippen LogP contribution in [0.1, 0.15) is 102 Å². The van der Waals surface area contributed by atoms with Crippen LogP contribution in [0.5, 0.6) is 0 Å². The first kappa shape index (κ1) is 47.3. The van der Waals surface area contributed by atoms with Gasteiger partial charge in [0.25, 0.3) is 0 Å². The molecule has 0 bridgehead atoms. The van der Waals surface area contributed by atoms with E-state index in [1.54, 1.807) is 21.9 Å². The molecule has 3 heterocycles. The highest BCUT2D eigenvalue weighted by molar-refractivity contribution is 5.99. The first-order valence-corrected chi connectivity index (χ1v) is 22.4. The van der Waals surface area contributed by atoms with E-state index in [0.29, 0.717) is 63.0 Å². The highest BCUT2D eigenvalue weighted by atomic mass is 19.1. The topological polar surface area (TPSA) is 179 Å². The molecule has 0 spiro atoms. The second kappa shape index (κ2) is 21.5. The normalized spacial score (nSPS) is 21.3. The predicted octanol–water partition coefficient (Wildman–Crippen LogP) is 7.31. The molecular weight excluding hydrogens is 822 g/mol. The van der Waals surface area contributed by atoms with Crippen molar-refractivity contribution in [2.75, 3.05) is 42.8 Å². The molecule has 3 aliphatic heterocycles. The van der Waals surface area contributed by atoms with E-state index < -0.39 is 36.4 Å². The molecule has 16 heteroatoms. The zero-order chi connectivity index (χ0) is 46.1. The molecule has 0 unspecified atom stereocenters. The van der Waals surface area contributed by atoms with Crippen LogP contribution in [0, 0.1) is 17.7 Å². The Morgan fingerprint density at radius 2 is 1.00 bits per heavy atom. The number of halogens is 1. The molecule has 0 saturated carbocycles. The van der Waals surface area contributed by atoms with Gasteiger partial charge in [-0.15, -0.1) is 0 Å². The van der Waals surface area contributed by atoms with Crippen molar-refractivity contribution in [1.29, 1.82) is 0 Å².